The Morgan fingerprint density at radius 1 is 1.05 bits per heavy atom. The maximum absolute atomic E-state index is 9.88. The summed E-state index contributed by atoms with van der Waals surface area (Å²) in [5.41, 5.74) is 2.11. The third kappa shape index (κ3) is 3.34. The summed E-state index contributed by atoms with van der Waals surface area (Å²) in [6.45, 7) is 0.624. The van der Waals surface area contributed by atoms with Gasteiger partial charge >= 0.3 is 0 Å². The van der Waals surface area contributed by atoms with Crippen LogP contribution in [-0.4, -0.2) is 14.7 Å². The lowest BCUT2D eigenvalue weighted by molar-refractivity contribution is 0.465. The van der Waals surface area contributed by atoms with Gasteiger partial charge in [-0.2, -0.15) is 0 Å². The molecule has 0 fully saturated rings. The van der Waals surface area contributed by atoms with Gasteiger partial charge in [0.05, 0.1) is 6.54 Å². The van der Waals surface area contributed by atoms with Gasteiger partial charge < -0.3 is 9.67 Å². The maximum Gasteiger partial charge on any atom is 0.120 e. The average molecular weight is 343 g/mol. The minimum atomic E-state index is 0.320. The van der Waals surface area contributed by atoms with Gasteiger partial charge in [-0.3, -0.25) is 0 Å². The quantitative estimate of drug-likeness (QED) is 0.778. The van der Waals surface area contributed by atoms with Crippen LogP contribution >= 0.6 is 15.9 Å². The third-order valence-electron chi connectivity index (χ3n) is 3.41. The number of nitrogens with zero attached hydrogens (tertiary/aromatic N) is 2. The molecule has 0 radical (unpaired) electrons. The topological polar surface area (TPSA) is 38.0 Å². The van der Waals surface area contributed by atoms with E-state index in [2.05, 4.69) is 37.6 Å². The van der Waals surface area contributed by atoms with E-state index in [0.29, 0.717) is 12.3 Å². The number of imidazole rings is 1. The van der Waals surface area contributed by atoms with E-state index in [-0.39, 0.29) is 0 Å². The second-order valence-electron chi connectivity index (χ2n) is 4.90. The van der Waals surface area contributed by atoms with Crippen molar-refractivity contribution in [3.05, 3.63) is 82.3 Å². The van der Waals surface area contributed by atoms with Crippen LogP contribution in [0.15, 0.2) is 65.4 Å². The van der Waals surface area contributed by atoms with E-state index in [0.717, 1.165) is 22.3 Å². The normalized spacial score (nSPS) is 10.7. The summed E-state index contributed by atoms with van der Waals surface area (Å²) in [7, 11) is 0. The molecule has 4 heteroatoms. The summed E-state index contributed by atoms with van der Waals surface area (Å²) >= 11 is 3.44. The fourth-order valence-corrected chi connectivity index (χ4v) is 2.53. The Bertz CT molecular complexity index is 735. The van der Waals surface area contributed by atoms with Crippen molar-refractivity contribution in [2.75, 3.05) is 0 Å². The van der Waals surface area contributed by atoms with Crippen LogP contribution in [0.2, 0.25) is 0 Å². The van der Waals surface area contributed by atoms with Crippen LogP contribution in [0, 0.1) is 0 Å². The lowest BCUT2D eigenvalue weighted by Crippen LogP contribution is -2.05. The van der Waals surface area contributed by atoms with Crippen molar-refractivity contribution < 1.29 is 5.11 Å². The monoisotopic (exact) mass is 342 g/mol. The number of benzene rings is 2. The van der Waals surface area contributed by atoms with Crippen LogP contribution in [0.3, 0.4) is 0 Å². The second-order valence-corrected chi connectivity index (χ2v) is 5.82. The first-order valence-corrected chi connectivity index (χ1v) is 7.53. The molecule has 0 aliphatic carbocycles. The van der Waals surface area contributed by atoms with Gasteiger partial charge in [0.15, 0.2) is 0 Å². The molecule has 106 valence electrons. The highest BCUT2D eigenvalue weighted by molar-refractivity contribution is 9.10. The number of phenols is 1. The number of phenolic OH excluding ortho intramolecular Hbond substituents is 1. The lowest BCUT2D eigenvalue weighted by atomic mass is 10.1. The van der Waals surface area contributed by atoms with Crippen LogP contribution < -0.4 is 0 Å². The van der Waals surface area contributed by atoms with Gasteiger partial charge in [-0.15, -0.1) is 0 Å². The number of rotatable bonds is 4. The Balaban J connectivity index is 1.81. The van der Waals surface area contributed by atoms with Crippen molar-refractivity contribution in [1.82, 2.24) is 9.55 Å². The summed E-state index contributed by atoms with van der Waals surface area (Å²) in [4.78, 5) is 4.43. The van der Waals surface area contributed by atoms with E-state index in [9.17, 15) is 5.11 Å². The summed E-state index contributed by atoms with van der Waals surface area (Å²) in [6.07, 6.45) is 4.52. The van der Waals surface area contributed by atoms with Gasteiger partial charge in [0, 0.05) is 28.9 Å². The molecule has 0 aliphatic rings. The van der Waals surface area contributed by atoms with E-state index in [1.807, 2.05) is 36.5 Å². The van der Waals surface area contributed by atoms with E-state index >= 15 is 0 Å². The standard InChI is InChI=1S/C17H15BrN2O/c18-15-7-5-13(6-8-15)11-17-19-9-10-20(17)12-14-3-1-2-4-16(14)21/h1-10,21H,11-12H2. The second kappa shape index (κ2) is 6.14. The maximum atomic E-state index is 9.88. The Hall–Kier alpha value is -2.07. The molecule has 3 nitrogen and oxygen atoms in total. The zero-order valence-electron chi connectivity index (χ0n) is 11.4. The summed E-state index contributed by atoms with van der Waals surface area (Å²) < 4.78 is 3.14. The zero-order chi connectivity index (χ0) is 14.7. The van der Waals surface area contributed by atoms with E-state index in [1.165, 1.54) is 5.56 Å². The number of aromatic hydroxyl groups is 1. The summed E-state index contributed by atoms with van der Waals surface area (Å²) in [6, 6.07) is 15.6. The number of hydrogen-bond acceptors (Lipinski definition) is 2. The largest absolute Gasteiger partial charge is 0.508 e. The summed E-state index contributed by atoms with van der Waals surface area (Å²) in [5, 5.41) is 9.88. The molecule has 3 aromatic rings. The molecule has 0 bridgehead atoms. The molecule has 0 spiro atoms. The smallest absolute Gasteiger partial charge is 0.120 e. The highest BCUT2D eigenvalue weighted by Crippen LogP contribution is 2.19. The zero-order valence-corrected chi connectivity index (χ0v) is 13.0. The van der Waals surface area contributed by atoms with Crippen molar-refractivity contribution in [2.24, 2.45) is 0 Å². The Labute approximate surface area is 132 Å². The lowest BCUT2D eigenvalue weighted by Gasteiger charge is -2.09. The first-order chi connectivity index (χ1) is 10.2. The summed E-state index contributed by atoms with van der Waals surface area (Å²) in [5.74, 6) is 1.31. The number of para-hydroxylation sites is 1. The van der Waals surface area contributed by atoms with E-state index < -0.39 is 0 Å². The number of hydrogen-bond donors (Lipinski definition) is 1. The van der Waals surface area contributed by atoms with Crippen molar-refractivity contribution in [1.29, 1.82) is 0 Å². The van der Waals surface area contributed by atoms with Crippen molar-refractivity contribution in [2.45, 2.75) is 13.0 Å². The fraction of sp³-hybridized carbons (Fsp3) is 0.118. The predicted octanol–water partition coefficient (Wildman–Crippen LogP) is 3.99. The molecule has 1 heterocycles. The van der Waals surface area contributed by atoms with Crippen LogP contribution in [0.25, 0.3) is 0 Å². The van der Waals surface area contributed by atoms with Gasteiger partial charge in [0.2, 0.25) is 0 Å². The minimum Gasteiger partial charge on any atom is -0.508 e. The molecule has 0 atom stereocenters. The molecule has 3 rings (SSSR count). The molecule has 0 saturated heterocycles. The molecule has 0 amide bonds. The Morgan fingerprint density at radius 3 is 2.57 bits per heavy atom. The van der Waals surface area contributed by atoms with Gasteiger partial charge in [0.1, 0.15) is 11.6 Å². The molecule has 1 N–H and O–H groups in total. The van der Waals surface area contributed by atoms with Crippen molar-refractivity contribution in [3.8, 4) is 5.75 Å². The highest BCUT2D eigenvalue weighted by Gasteiger charge is 2.07. The molecule has 2 aromatic carbocycles. The SMILES string of the molecule is Oc1ccccc1Cn1ccnc1Cc1ccc(Br)cc1. The highest BCUT2D eigenvalue weighted by atomic mass is 79.9. The van der Waals surface area contributed by atoms with Crippen molar-refractivity contribution in [3.63, 3.8) is 0 Å². The molecule has 21 heavy (non-hydrogen) atoms. The number of halogens is 1. The van der Waals surface area contributed by atoms with E-state index in [4.69, 9.17) is 0 Å². The first kappa shape index (κ1) is 13.9. The van der Waals surface area contributed by atoms with Crippen LogP contribution in [0.4, 0.5) is 0 Å². The minimum absolute atomic E-state index is 0.320. The van der Waals surface area contributed by atoms with Crippen LogP contribution in [-0.2, 0) is 13.0 Å². The van der Waals surface area contributed by atoms with Gasteiger partial charge in [-0.25, -0.2) is 4.98 Å². The number of aromatic nitrogens is 2. The van der Waals surface area contributed by atoms with Gasteiger partial charge in [-0.1, -0.05) is 46.3 Å². The molecular formula is C17H15BrN2O. The Kier molecular flexibility index (Phi) is 4.06. The predicted molar refractivity (Wildman–Crippen MR) is 86.4 cm³/mol. The molecule has 0 aliphatic heterocycles. The van der Waals surface area contributed by atoms with Crippen LogP contribution in [0.5, 0.6) is 5.75 Å². The third-order valence-corrected chi connectivity index (χ3v) is 3.94. The molecular weight excluding hydrogens is 328 g/mol. The van der Waals surface area contributed by atoms with Crippen molar-refractivity contribution >= 4 is 15.9 Å². The Morgan fingerprint density at radius 2 is 1.81 bits per heavy atom. The van der Waals surface area contributed by atoms with Gasteiger partial charge in [0.25, 0.3) is 0 Å². The fourth-order valence-electron chi connectivity index (χ4n) is 2.26. The first-order valence-electron chi connectivity index (χ1n) is 6.74. The van der Waals surface area contributed by atoms with E-state index in [1.54, 1.807) is 12.3 Å². The average Bonchev–Trinajstić information content (AvgIpc) is 2.91. The molecule has 0 unspecified atom stereocenters. The molecule has 0 saturated carbocycles. The molecule has 1 aromatic heterocycles. The van der Waals surface area contributed by atoms with Crippen LogP contribution in [0.1, 0.15) is 17.0 Å². The van der Waals surface area contributed by atoms with Gasteiger partial charge in [-0.05, 0) is 23.8 Å².